The zero-order valence-electron chi connectivity index (χ0n) is 15.5. The molecule has 1 N–H and O–H groups in total. The number of nitrogens with zero attached hydrogens (tertiary/aromatic N) is 3. The van der Waals surface area contributed by atoms with E-state index in [1.165, 1.54) is 13.3 Å². The first-order valence-electron chi connectivity index (χ1n) is 9.18. The number of imidazole rings is 1. The molecule has 1 fully saturated rings. The van der Waals surface area contributed by atoms with Gasteiger partial charge in [0.05, 0.1) is 11.0 Å². The summed E-state index contributed by atoms with van der Waals surface area (Å²) in [7, 11) is 0. The molecule has 6 nitrogen and oxygen atoms in total. The smallest absolute Gasteiger partial charge is 0.320 e. The van der Waals surface area contributed by atoms with E-state index < -0.39 is 6.55 Å². The summed E-state index contributed by atoms with van der Waals surface area (Å²) < 4.78 is 27.7. The minimum absolute atomic E-state index is 0.0208. The maximum atomic E-state index is 13.5. The van der Waals surface area contributed by atoms with Crippen LogP contribution in [0.15, 0.2) is 29.4 Å². The molecule has 27 heavy (non-hydrogen) atoms. The lowest BCUT2D eigenvalue weighted by Gasteiger charge is -2.29. The molecule has 0 saturated heterocycles. The second kappa shape index (κ2) is 8.45. The molecule has 0 aliphatic heterocycles. The Kier molecular flexibility index (Phi) is 6.03. The maximum absolute atomic E-state index is 13.5. The van der Waals surface area contributed by atoms with E-state index in [2.05, 4.69) is 22.4 Å². The van der Waals surface area contributed by atoms with Gasteiger partial charge >= 0.3 is 6.55 Å². The highest BCUT2D eigenvalue weighted by Gasteiger charge is 2.23. The van der Waals surface area contributed by atoms with E-state index in [-0.39, 0.29) is 30.1 Å². The van der Waals surface area contributed by atoms with E-state index >= 15 is 0 Å². The van der Waals surface area contributed by atoms with Crippen molar-refractivity contribution < 1.29 is 18.4 Å². The SMILES string of the molecule is C/C(=N/OCC(=O)N[C@@H]1CCCC[C@H]1C)c1nc2ccccc2n1C(F)F. The molecule has 1 aliphatic rings. The molecule has 1 heterocycles. The van der Waals surface area contributed by atoms with Gasteiger partial charge in [-0.1, -0.05) is 37.1 Å². The number of hydrogen-bond acceptors (Lipinski definition) is 4. The van der Waals surface area contributed by atoms with E-state index in [1.807, 2.05) is 0 Å². The van der Waals surface area contributed by atoms with Crippen molar-refractivity contribution >= 4 is 22.7 Å². The lowest BCUT2D eigenvalue weighted by molar-refractivity contribution is -0.126. The van der Waals surface area contributed by atoms with E-state index in [9.17, 15) is 13.6 Å². The van der Waals surface area contributed by atoms with Crippen molar-refractivity contribution in [2.24, 2.45) is 11.1 Å². The number of halogens is 2. The van der Waals surface area contributed by atoms with Crippen molar-refractivity contribution in [2.75, 3.05) is 6.61 Å². The van der Waals surface area contributed by atoms with E-state index in [0.29, 0.717) is 17.0 Å². The molecule has 2 atom stereocenters. The highest BCUT2D eigenvalue weighted by molar-refractivity contribution is 5.98. The monoisotopic (exact) mass is 378 g/mol. The fraction of sp³-hybridized carbons (Fsp3) is 0.526. The number of nitrogens with one attached hydrogen (secondary N) is 1. The molecule has 0 radical (unpaired) electrons. The van der Waals surface area contributed by atoms with Crippen LogP contribution in [0.25, 0.3) is 11.0 Å². The van der Waals surface area contributed by atoms with Crippen LogP contribution in [0.2, 0.25) is 0 Å². The molecule has 1 aromatic heterocycles. The topological polar surface area (TPSA) is 68.5 Å². The Hall–Kier alpha value is -2.51. The largest absolute Gasteiger partial charge is 0.385 e. The summed E-state index contributed by atoms with van der Waals surface area (Å²) in [5, 5.41) is 6.78. The van der Waals surface area contributed by atoms with Crippen molar-refractivity contribution in [3.63, 3.8) is 0 Å². The number of carbonyl (C=O) groups is 1. The third-order valence-electron chi connectivity index (χ3n) is 4.97. The Morgan fingerprint density at radius 2 is 2.11 bits per heavy atom. The number of oxime groups is 1. The summed E-state index contributed by atoms with van der Waals surface area (Å²) >= 11 is 0. The Balaban J connectivity index is 1.65. The molecular weight excluding hydrogens is 354 g/mol. The van der Waals surface area contributed by atoms with Crippen LogP contribution >= 0.6 is 0 Å². The molecule has 0 bridgehead atoms. The highest BCUT2D eigenvalue weighted by atomic mass is 19.3. The number of amides is 1. The van der Waals surface area contributed by atoms with Gasteiger partial charge in [-0.3, -0.25) is 9.36 Å². The Morgan fingerprint density at radius 3 is 2.85 bits per heavy atom. The van der Waals surface area contributed by atoms with Crippen molar-refractivity contribution in [3.05, 3.63) is 30.1 Å². The van der Waals surface area contributed by atoms with Gasteiger partial charge in [-0.15, -0.1) is 0 Å². The van der Waals surface area contributed by atoms with Crippen LogP contribution in [0.5, 0.6) is 0 Å². The third-order valence-corrected chi connectivity index (χ3v) is 4.97. The van der Waals surface area contributed by atoms with Gasteiger partial charge < -0.3 is 10.2 Å². The molecule has 8 heteroatoms. The normalized spacial score (nSPS) is 20.9. The minimum atomic E-state index is -2.76. The summed E-state index contributed by atoms with van der Waals surface area (Å²) in [5.74, 6) is 0.207. The van der Waals surface area contributed by atoms with E-state index in [0.717, 1.165) is 23.8 Å². The number of carbonyl (C=O) groups excluding carboxylic acids is 1. The Labute approximate surface area is 156 Å². The van der Waals surface area contributed by atoms with Gasteiger partial charge in [0.1, 0.15) is 5.71 Å². The first-order chi connectivity index (χ1) is 13.0. The summed E-state index contributed by atoms with van der Waals surface area (Å²) in [4.78, 5) is 21.3. The van der Waals surface area contributed by atoms with Crippen LogP contribution in [0.4, 0.5) is 8.78 Å². The van der Waals surface area contributed by atoms with Gasteiger partial charge in [-0.05, 0) is 37.8 Å². The second-order valence-electron chi connectivity index (χ2n) is 6.96. The Bertz CT molecular complexity index is 834. The van der Waals surface area contributed by atoms with Crippen LogP contribution in [0.3, 0.4) is 0 Å². The first kappa shape index (κ1) is 19.3. The molecule has 0 spiro atoms. The van der Waals surface area contributed by atoms with Crippen LogP contribution in [0, 0.1) is 5.92 Å². The van der Waals surface area contributed by atoms with Crippen LogP contribution in [-0.4, -0.2) is 33.8 Å². The number of benzene rings is 1. The van der Waals surface area contributed by atoms with E-state index in [4.69, 9.17) is 4.84 Å². The van der Waals surface area contributed by atoms with Crippen molar-refractivity contribution in [2.45, 2.75) is 52.1 Å². The second-order valence-corrected chi connectivity index (χ2v) is 6.96. The average molecular weight is 378 g/mol. The molecule has 146 valence electrons. The molecule has 1 aromatic carbocycles. The number of fused-ring (bicyclic) bond motifs is 1. The van der Waals surface area contributed by atoms with Gasteiger partial charge in [-0.2, -0.15) is 8.78 Å². The lowest BCUT2D eigenvalue weighted by atomic mass is 9.86. The van der Waals surface area contributed by atoms with Crippen LogP contribution in [0.1, 0.15) is 51.9 Å². The third kappa shape index (κ3) is 4.43. The Morgan fingerprint density at radius 1 is 1.37 bits per heavy atom. The molecular formula is C19H24F2N4O2. The number of rotatable bonds is 6. The van der Waals surface area contributed by atoms with Crippen molar-refractivity contribution in [3.8, 4) is 0 Å². The number of alkyl halides is 2. The summed E-state index contributed by atoms with van der Waals surface area (Å²) in [5.41, 5.74) is 0.956. The van der Waals surface area contributed by atoms with Gasteiger partial charge in [0.2, 0.25) is 0 Å². The zero-order valence-corrected chi connectivity index (χ0v) is 15.5. The summed E-state index contributed by atoms with van der Waals surface area (Å²) in [6, 6.07) is 6.79. The fourth-order valence-corrected chi connectivity index (χ4v) is 3.50. The molecule has 1 aliphatic carbocycles. The predicted octanol–water partition coefficient (Wildman–Crippen LogP) is 3.87. The molecule has 0 unspecified atom stereocenters. The lowest BCUT2D eigenvalue weighted by Crippen LogP contribution is -2.42. The van der Waals surface area contributed by atoms with Crippen LogP contribution in [-0.2, 0) is 9.63 Å². The molecule has 1 saturated carbocycles. The average Bonchev–Trinajstić information content (AvgIpc) is 3.03. The summed E-state index contributed by atoms with van der Waals surface area (Å²) in [6.07, 6.45) is 4.37. The van der Waals surface area contributed by atoms with Gasteiger partial charge in [0.15, 0.2) is 12.4 Å². The minimum Gasteiger partial charge on any atom is -0.385 e. The molecule has 3 rings (SSSR count). The fourth-order valence-electron chi connectivity index (χ4n) is 3.50. The van der Waals surface area contributed by atoms with Crippen LogP contribution < -0.4 is 5.32 Å². The van der Waals surface area contributed by atoms with Gasteiger partial charge in [-0.25, -0.2) is 4.98 Å². The quantitative estimate of drug-likeness (QED) is 0.613. The summed E-state index contributed by atoms with van der Waals surface area (Å²) in [6.45, 7) is 0.646. The predicted molar refractivity (Wildman–Crippen MR) is 98.7 cm³/mol. The van der Waals surface area contributed by atoms with Gasteiger partial charge in [0, 0.05) is 6.04 Å². The zero-order chi connectivity index (χ0) is 19.4. The van der Waals surface area contributed by atoms with Crippen molar-refractivity contribution in [1.29, 1.82) is 0 Å². The van der Waals surface area contributed by atoms with Crippen molar-refractivity contribution in [1.82, 2.24) is 14.9 Å². The van der Waals surface area contributed by atoms with Gasteiger partial charge in [0.25, 0.3) is 5.91 Å². The number of hydrogen-bond donors (Lipinski definition) is 1. The standard InChI is InChI=1S/C19H24F2N4O2/c1-12-7-3-4-8-14(12)22-17(26)11-27-24-13(2)18-23-15-9-5-6-10-16(15)25(18)19(20)21/h5-6,9-10,12,14,19H,3-4,7-8,11H2,1-2H3,(H,22,26)/b24-13-/t12-,14-/m1/s1. The molecule has 1 amide bonds. The first-order valence-corrected chi connectivity index (χ1v) is 9.18. The van der Waals surface area contributed by atoms with E-state index in [1.54, 1.807) is 24.3 Å². The number of aromatic nitrogens is 2. The highest BCUT2D eigenvalue weighted by Crippen LogP contribution is 2.24. The molecule has 2 aromatic rings. The maximum Gasteiger partial charge on any atom is 0.320 e. The number of para-hydroxylation sites is 2.